The lowest BCUT2D eigenvalue weighted by atomic mass is 10.0. The standard InChI is InChI=1S/C17H18BrClN2/c1-2-11-8-9-13(10-11)17-20-15(14(18)16(19)21-17)12-6-4-3-5-7-12/h3-7,11,13H,2,8-10H2,1H3. The van der Waals surface area contributed by atoms with Crippen molar-refractivity contribution in [1.29, 1.82) is 0 Å². The van der Waals surface area contributed by atoms with Gasteiger partial charge in [0.1, 0.15) is 11.0 Å². The summed E-state index contributed by atoms with van der Waals surface area (Å²) in [7, 11) is 0. The summed E-state index contributed by atoms with van der Waals surface area (Å²) in [5, 5.41) is 0.513. The van der Waals surface area contributed by atoms with Gasteiger partial charge in [-0.1, -0.05) is 55.3 Å². The SMILES string of the molecule is CCC1CCC(c2nc(Cl)c(Br)c(-c3ccccc3)n2)C1. The molecule has 0 saturated heterocycles. The summed E-state index contributed by atoms with van der Waals surface area (Å²) in [6.07, 6.45) is 4.87. The normalized spacial score (nSPS) is 21.7. The smallest absolute Gasteiger partial charge is 0.147 e. The Kier molecular flexibility index (Phi) is 4.60. The number of hydrogen-bond donors (Lipinski definition) is 0. The van der Waals surface area contributed by atoms with Crippen molar-refractivity contribution < 1.29 is 0 Å². The molecule has 0 radical (unpaired) electrons. The van der Waals surface area contributed by atoms with Crippen LogP contribution in [0.5, 0.6) is 0 Å². The fourth-order valence-corrected chi connectivity index (χ4v) is 3.67. The van der Waals surface area contributed by atoms with Gasteiger partial charge in [-0.3, -0.25) is 0 Å². The zero-order valence-corrected chi connectivity index (χ0v) is 14.4. The number of rotatable bonds is 3. The van der Waals surface area contributed by atoms with E-state index >= 15 is 0 Å². The van der Waals surface area contributed by atoms with Crippen LogP contribution < -0.4 is 0 Å². The van der Waals surface area contributed by atoms with Crippen molar-refractivity contribution in [2.24, 2.45) is 5.92 Å². The van der Waals surface area contributed by atoms with Crippen molar-refractivity contribution in [1.82, 2.24) is 9.97 Å². The van der Waals surface area contributed by atoms with Crippen molar-refractivity contribution >= 4 is 27.5 Å². The first-order valence-corrected chi connectivity index (χ1v) is 8.64. The van der Waals surface area contributed by atoms with Crippen LogP contribution in [0.1, 0.15) is 44.3 Å². The molecular weight excluding hydrogens is 348 g/mol. The third-order valence-corrected chi connectivity index (χ3v) is 5.61. The molecule has 0 N–H and O–H groups in total. The van der Waals surface area contributed by atoms with Gasteiger partial charge >= 0.3 is 0 Å². The van der Waals surface area contributed by atoms with Crippen LogP contribution in [0.2, 0.25) is 5.15 Å². The molecule has 4 heteroatoms. The van der Waals surface area contributed by atoms with Crippen molar-refractivity contribution in [3.05, 3.63) is 45.8 Å². The average Bonchev–Trinajstić information content (AvgIpc) is 3.00. The van der Waals surface area contributed by atoms with Gasteiger partial charge in [-0.25, -0.2) is 9.97 Å². The maximum atomic E-state index is 6.32. The molecule has 0 aliphatic heterocycles. The molecule has 1 aromatic heterocycles. The Morgan fingerprint density at radius 1 is 1.19 bits per heavy atom. The van der Waals surface area contributed by atoms with E-state index in [0.717, 1.165) is 27.5 Å². The van der Waals surface area contributed by atoms with Gasteiger partial charge in [0.2, 0.25) is 0 Å². The molecule has 110 valence electrons. The molecule has 1 aromatic carbocycles. The summed E-state index contributed by atoms with van der Waals surface area (Å²) in [4.78, 5) is 9.33. The molecule has 2 atom stereocenters. The molecule has 1 saturated carbocycles. The summed E-state index contributed by atoms with van der Waals surface area (Å²) in [6, 6.07) is 10.1. The summed E-state index contributed by atoms with van der Waals surface area (Å²) in [6.45, 7) is 2.26. The lowest BCUT2D eigenvalue weighted by Crippen LogP contribution is -2.04. The van der Waals surface area contributed by atoms with E-state index in [1.807, 2.05) is 18.2 Å². The fourth-order valence-electron chi connectivity index (χ4n) is 3.09. The molecule has 1 aliphatic rings. The third-order valence-electron chi connectivity index (χ3n) is 4.36. The molecule has 2 aromatic rings. The second kappa shape index (κ2) is 6.45. The average molecular weight is 366 g/mol. The molecule has 1 aliphatic carbocycles. The lowest BCUT2D eigenvalue weighted by Gasteiger charge is -2.13. The summed E-state index contributed by atoms with van der Waals surface area (Å²) in [5.74, 6) is 2.15. The van der Waals surface area contributed by atoms with Crippen LogP contribution in [0, 0.1) is 5.92 Å². The van der Waals surface area contributed by atoms with Crippen molar-refractivity contribution in [3.63, 3.8) is 0 Å². The number of hydrogen-bond acceptors (Lipinski definition) is 2. The van der Waals surface area contributed by atoms with Gasteiger partial charge in [0.15, 0.2) is 0 Å². The third kappa shape index (κ3) is 3.14. The first-order chi connectivity index (χ1) is 10.2. The van der Waals surface area contributed by atoms with Gasteiger partial charge in [0.05, 0.1) is 10.2 Å². The van der Waals surface area contributed by atoms with Crippen LogP contribution in [0.3, 0.4) is 0 Å². The molecule has 2 unspecified atom stereocenters. The number of halogens is 2. The van der Waals surface area contributed by atoms with E-state index in [-0.39, 0.29) is 0 Å². The highest BCUT2D eigenvalue weighted by molar-refractivity contribution is 9.10. The van der Waals surface area contributed by atoms with Crippen LogP contribution in [-0.4, -0.2) is 9.97 Å². The second-order valence-corrected chi connectivity index (χ2v) is 6.84. The first-order valence-electron chi connectivity index (χ1n) is 7.47. The van der Waals surface area contributed by atoms with Gasteiger partial charge in [0.25, 0.3) is 0 Å². The van der Waals surface area contributed by atoms with Gasteiger partial charge in [-0.15, -0.1) is 0 Å². The molecular formula is C17H18BrClN2. The largest absolute Gasteiger partial charge is 0.231 e. The van der Waals surface area contributed by atoms with E-state index in [4.69, 9.17) is 16.6 Å². The minimum atomic E-state index is 0.447. The Morgan fingerprint density at radius 2 is 1.95 bits per heavy atom. The van der Waals surface area contributed by atoms with E-state index in [0.29, 0.717) is 11.1 Å². The predicted molar refractivity (Wildman–Crippen MR) is 90.6 cm³/mol. The Labute approximate surface area is 139 Å². The Morgan fingerprint density at radius 3 is 2.62 bits per heavy atom. The van der Waals surface area contributed by atoms with E-state index in [9.17, 15) is 0 Å². The van der Waals surface area contributed by atoms with Crippen LogP contribution in [0.4, 0.5) is 0 Å². The van der Waals surface area contributed by atoms with Crippen LogP contribution in [0.15, 0.2) is 34.8 Å². The van der Waals surface area contributed by atoms with E-state index in [2.05, 4.69) is 40.0 Å². The maximum Gasteiger partial charge on any atom is 0.147 e. The molecule has 0 spiro atoms. The zero-order chi connectivity index (χ0) is 14.8. The molecule has 0 amide bonds. The van der Waals surface area contributed by atoms with Crippen LogP contribution in [-0.2, 0) is 0 Å². The molecule has 2 nitrogen and oxygen atoms in total. The van der Waals surface area contributed by atoms with E-state index < -0.39 is 0 Å². The number of nitrogens with zero attached hydrogens (tertiary/aromatic N) is 2. The van der Waals surface area contributed by atoms with Gasteiger partial charge in [-0.2, -0.15) is 0 Å². The molecule has 21 heavy (non-hydrogen) atoms. The van der Waals surface area contributed by atoms with E-state index in [1.165, 1.54) is 25.7 Å². The summed E-state index contributed by atoms with van der Waals surface area (Å²) < 4.78 is 0.782. The number of benzene rings is 1. The molecule has 3 rings (SSSR count). The molecule has 0 bridgehead atoms. The van der Waals surface area contributed by atoms with Crippen molar-refractivity contribution in [2.45, 2.75) is 38.5 Å². The first kappa shape index (κ1) is 15.0. The van der Waals surface area contributed by atoms with Crippen molar-refractivity contribution in [2.75, 3.05) is 0 Å². The Balaban J connectivity index is 1.99. The highest BCUT2D eigenvalue weighted by atomic mass is 79.9. The highest BCUT2D eigenvalue weighted by Crippen LogP contribution is 2.40. The Bertz CT molecular complexity index is 630. The minimum Gasteiger partial charge on any atom is -0.231 e. The Hall–Kier alpha value is -0.930. The number of aromatic nitrogens is 2. The maximum absolute atomic E-state index is 6.32. The minimum absolute atomic E-state index is 0.447. The fraction of sp³-hybridized carbons (Fsp3) is 0.412. The highest BCUT2D eigenvalue weighted by Gasteiger charge is 2.28. The topological polar surface area (TPSA) is 25.8 Å². The molecule has 1 heterocycles. The molecule has 1 fully saturated rings. The van der Waals surface area contributed by atoms with E-state index in [1.54, 1.807) is 0 Å². The van der Waals surface area contributed by atoms with Gasteiger partial charge < -0.3 is 0 Å². The lowest BCUT2D eigenvalue weighted by molar-refractivity contribution is 0.516. The van der Waals surface area contributed by atoms with Crippen molar-refractivity contribution in [3.8, 4) is 11.3 Å². The summed E-state index contributed by atoms with van der Waals surface area (Å²) >= 11 is 9.85. The quantitative estimate of drug-likeness (QED) is 0.637. The van der Waals surface area contributed by atoms with Crippen LogP contribution >= 0.6 is 27.5 Å². The monoisotopic (exact) mass is 364 g/mol. The van der Waals surface area contributed by atoms with Gasteiger partial charge in [0, 0.05) is 11.5 Å². The second-order valence-electron chi connectivity index (χ2n) is 5.69. The van der Waals surface area contributed by atoms with Gasteiger partial charge in [-0.05, 0) is 41.1 Å². The predicted octanol–water partition coefficient (Wildman–Crippen LogP) is 5.85. The summed E-state index contributed by atoms with van der Waals surface area (Å²) in [5.41, 5.74) is 1.96. The zero-order valence-electron chi connectivity index (χ0n) is 12.0. The van der Waals surface area contributed by atoms with Crippen LogP contribution in [0.25, 0.3) is 11.3 Å².